The van der Waals surface area contributed by atoms with Crippen LogP contribution in [-0.2, 0) is 0 Å². The number of aryl methyl sites for hydroxylation is 3. The van der Waals surface area contributed by atoms with E-state index in [1.54, 1.807) is 22.7 Å². The molecular weight excluding hydrogens is 1000 g/mol. The zero-order valence-corrected chi connectivity index (χ0v) is 44.7. The first-order valence-electron chi connectivity index (χ1n) is 26.6. The minimum absolute atomic E-state index is 0.377. The van der Waals surface area contributed by atoms with E-state index >= 15 is 0 Å². The van der Waals surface area contributed by atoms with Crippen LogP contribution in [0.3, 0.4) is 0 Å². The molecule has 11 aromatic carbocycles. The fourth-order valence-corrected chi connectivity index (χ4v) is 16.0. The molecule has 8 heteroatoms. The Balaban J connectivity index is 1.22. The largest absolute Gasteiger partial charge is 0.317 e. The highest BCUT2D eigenvalue weighted by Crippen LogP contribution is 2.54. The molecule has 0 saturated carbocycles. The van der Waals surface area contributed by atoms with E-state index in [1.165, 1.54) is 25.7 Å². The van der Waals surface area contributed by atoms with Crippen molar-refractivity contribution in [1.29, 1.82) is 5.26 Å². The van der Waals surface area contributed by atoms with Crippen molar-refractivity contribution in [3.63, 3.8) is 0 Å². The van der Waals surface area contributed by atoms with E-state index < -0.39 is 0 Å². The second-order valence-corrected chi connectivity index (χ2v) is 23.2. The first-order chi connectivity index (χ1) is 38.9. The summed E-state index contributed by atoms with van der Waals surface area (Å²) in [5.41, 5.74) is 14.7. The molecule has 0 radical (unpaired) electrons. The Morgan fingerprint density at radius 2 is 0.785 bits per heavy atom. The average Bonchev–Trinajstić information content (AvgIpc) is 4.53. The molecule has 0 aliphatic carbocycles. The maximum atomic E-state index is 12.8. The molecule has 0 saturated heterocycles. The smallest absolute Gasteiger partial charge is 0.237 e. The third kappa shape index (κ3) is 5.76. The topological polar surface area (TPSA) is 47.9 Å². The van der Waals surface area contributed by atoms with E-state index in [2.05, 4.69) is 245 Å². The lowest BCUT2D eigenvalue weighted by Crippen LogP contribution is -2.14. The van der Waals surface area contributed by atoms with Crippen LogP contribution in [0.15, 0.2) is 200 Å². The lowest BCUT2D eigenvalue weighted by Gasteiger charge is -2.27. The monoisotopic (exact) mass is 1040 g/mol. The predicted molar refractivity (Wildman–Crippen MR) is 335 cm³/mol. The molecule has 6 heterocycles. The highest BCUT2D eigenvalue weighted by molar-refractivity contribution is 7.27. The molecule has 368 valence electrons. The SMILES string of the molecule is [C-]#[N+]c1c(-n2c3ccccc3c3ccccc32)c(-n2c3cc(C)c(C)cc3c3ccc4c5ccccc5sc4c32)c(-n2c3ccccc3c3ccccc32)c(C#N)c1-n1c2ccc(C)cc2c2ccc3c4ccccc4sc3c21. The van der Waals surface area contributed by atoms with Crippen LogP contribution in [0.5, 0.6) is 0 Å². The van der Waals surface area contributed by atoms with Gasteiger partial charge in [-0.3, -0.25) is 0 Å². The molecule has 0 aliphatic heterocycles. The molecule has 6 nitrogen and oxygen atoms in total. The van der Waals surface area contributed by atoms with E-state index in [1.807, 2.05) is 0 Å². The second kappa shape index (κ2) is 16.0. The van der Waals surface area contributed by atoms with Gasteiger partial charge in [-0.05, 0) is 92.6 Å². The molecule has 0 amide bonds. The van der Waals surface area contributed by atoms with Crippen LogP contribution >= 0.6 is 22.7 Å². The number of nitriles is 1. The van der Waals surface area contributed by atoms with Crippen LogP contribution in [0.2, 0.25) is 0 Å². The van der Waals surface area contributed by atoms with Gasteiger partial charge in [0.05, 0.1) is 88.4 Å². The van der Waals surface area contributed by atoms with Crippen molar-refractivity contribution >= 4 is 156 Å². The van der Waals surface area contributed by atoms with E-state index in [4.69, 9.17) is 4.85 Å². The predicted octanol–water partition coefficient (Wildman–Crippen LogP) is 20.2. The minimum atomic E-state index is 0.377. The van der Waals surface area contributed by atoms with Crippen molar-refractivity contribution < 1.29 is 0 Å². The van der Waals surface area contributed by atoms with Crippen LogP contribution < -0.4 is 0 Å². The molecule has 17 aromatic rings. The first-order valence-corrected chi connectivity index (χ1v) is 28.2. The Kier molecular flexibility index (Phi) is 8.98. The summed E-state index contributed by atoms with van der Waals surface area (Å²) in [5.74, 6) is 0. The summed E-state index contributed by atoms with van der Waals surface area (Å²) < 4.78 is 14.1. The van der Waals surface area contributed by atoms with Crippen molar-refractivity contribution in [3.8, 4) is 28.8 Å². The molecule has 0 atom stereocenters. The molecule has 6 aromatic heterocycles. The lowest BCUT2D eigenvalue weighted by atomic mass is 10.0. The number of benzene rings is 11. The minimum Gasteiger partial charge on any atom is -0.317 e. The van der Waals surface area contributed by atoms with Crippen LogP contribution in [0.4, 0.5) is 5.69 Å². The fraction of sp³-hybridized carbons (Fsp3) is 0.0423. The zero-order valence-electron chi connectivity index (χ0n) is 43.1. The number of hydrogen-bond donors (Lipinski definition) is 0. The number of fused-ring (bicyclic) bond motifs is 20. The van der Waals surface area contributed by atoms with Gasteiger partial charge >= 0.3 is 0 Å². The Labute approximate surface area is 460 Å². The van der Waals surface area contributed by atoms with Gasteiger partial charge in [0.1, 0.15) is 6.07 Å². The van der Waals surface area contributed by atoms with Crippen molar-refractivity contribution in [2.75, 3.05) is 0 Å². The Hall–Kier alpha value is -9.96. The standard InChI is InChI=1S/C71H42N6S2/c1-39-29-34-59-52(35-39)48-30-32-50-46-21-9-15-27-61(46)78-70(50)66(48)76(59)64-54(38-72)65(74-55-23-11-5-17-42(55)43-18-6-12-24-56(43)74)69(68(63(64)73-4)75-57-25-13-7-19-44(57)45-20-8-14-26-58(45)75)77-60-37-41(3)40(2)36-53(60)49-31-33-51-47-22-10-16-28-62(47)79-71(51)67(49)77/h5-37H,1-3H3. The maximum absolute atomic E-state index is 12.8. The summed E-state index contributed by atoms with van der Waals surface area (Å²) in [6, 6.07) is 75.2. The summed E-state index contributed by atoms with van der Waals surface area (Å²) >= 11 is 3.58. The number of aromatic nitrogens is 4. The Bertz CT molecular complexity index is 5440. The molecule has 17 rings (SSSR count). The third-order valence-corrected chi connectivity index (χ3v) is 19.4. The van der Waals surface area contributed by atoms with Gasteiger partial charge in [-0.25, -0.2) is 4.85 Å². The Morgan fingerprint density at radius 3 is 1.29 bits per heavy atom. The summed E-state index contributed by atoms with van der Waals surface area (Å²) in [5, 5.41) is 26.2. The third-order valence-electron chi connectivity index (χ3n) is 17.0. The van der Waals surface area contributed by atoms with E-state index in [0.29, 0.717) is 28.3 Å². The first kappa shape index (κ1) is 44.2. The number of thiophene rings is 2. The van der Waals surface area contributed by atoms with Gasteiger partial charge in [0.15, 0.2) is 0 Å². The average molecular weight is 1040 g/mol. The number of para-hydroxylation sites is 4. The summed E-state index contributed by atoms with van der Waals surface area (Å²) in [6.45, 7) is 16.6. The van der Waals surface area contributed by atoms with Gasteiger partial charge in [0.25, 0.3) is 0 Å². The van der Waals surface area contributed by atoms with Crippen molar-refractivity contribution in [3.05, 3.63) is 234 Å². The van der Waals surface area contributed by atoms with Crippen molar-refractivity contribution in [1.82, 2.24) is 18.3 Å². The normalized spacial score (nSPS) is 12.2. The van der Waals surface area contributed by atoms with E-state index in [-0.39, 0.29) is 0 Å². The lowest BCUT2D eigenvalue weighted by molar-refractivity contribution is 1.03. The molecule has 0 bridgehead atoms. The fourth-order valence-electron chi connectivity index (χ4n) is 13.5. The zero-order chi connectivity index (χ0) is 52.5. The van der Waals surface area contributed by atoms with Gasteiger partial charge in [-0.15, -0.1) is 22.7 Å². The van der Waals surface area contributed by atoms with Gasteiger partial charge in [-0.1, -0.05) is 145 Å². The summed E-state index contributed by atoms with van der Waals surface area (Å²) in [4.78, 5) is 4.91. The molecule has 0 N–H and O–H groups in total. The molecule has 0 spiro atoms. The summed E-state index contributed by atoms with van der Waals surface area (Å²) in [6.07, 6.45) is 0. The van der Waals surface area contributed by atoms with Gasteiger partial charge < -0.3 is 18.3 Å². The second-order valence-electron chi connectivity index (χ2n) is 21.1. The highest BCUT2D eigenvalue weighted by atomic mass is 32.1. The van der Waals surface area contributed by atoms with Crippen LogP contribution in [0, 0.1) is 38.7 Å². The van der Waals surface area contributed by atoms with E-state index in [9.17, 15) is 11.8 Å². The van der Waals surface area contributed by atoms with Gasteiger partial charge in [0.2, 0.25) is 5.69 Å². The molecule has 79 heavy (non-hydrogen) atoms. The van der Waals surface area contributed by atoms with E-state index in [0.717, 1.165) is 124 Å². The van der Waals surface area contributed by atoms with Crippen LogP contribution in [-0.4, -0.2) is 18.3 Å². The summed E-state index contributed by atoms with van der Waals surface area (Å²) in [7, 11) is 0. The van der Waals surface area contributed by atoms with Gasteiger partial charge in [-0.2, -0.15) is 5.26 Å². The molecular formula is C71H42N6S2. The van der Waals surface area contributed by atoms with Crippen LogP contribution in [0.1, 0.15) is 22.3 Å². The number of rotatable bonds is 4. The molecule has 0 unspecified atom stereocenters. The Morgan fingerprint density at radius 1 is 0.367 bits per heavy atom. The van der Waals surface area contributed by atoms with Crippen molar-refractivity contribution in [2.24, 2.45) is 0 Å². The van der Waals surface area contributed by atoms with Crippen LogP contribution in [0.25, 0.3) is 155 Å². The molecule has 0 fully saturated rings. The van der Waals surface area contributed by atoms with Gasteiger partial charge in [0, 0.05) is 74.0 Å². The number of hydrogen-bond acceptors (Lipinski definition) is 3. The quantitative estimate of drug-likeness (QED) is 0.162. The maximum Gasteiger partial charge on any atom is 0.237 e. The highest BCUT2D eigenvalue weighted by Gasteiger charge is 2.35. The van der Waals surface area contributed by atoms with Crippen molar-refractivity contribution in [2.45, 2.75) is 20.8 Å². The number of nitrogens with zero attached hydrogens (tertiary/aromatic N) is 6. The molecule has 0 aliphatic rings.